The lowest BCUT2D eigenvalue weighted by Gasteiger charge is -2.30. The van der Waals surface area contributed by atoms with Crippen molar-refractivity contribution in [1.82, 2.24) is 5.32 Å². The van der Waals surface area contributed by atoms with Gasteiger partial charge in [-0.2, -0.15) is 0 Å². The Balaban J connectivity index is 2.07. The maximum atomic E-state index is 12.1. The molecule has 1 aliphatic rings. The highest BCUT2D eigenvalue weighted by atomic mass is 16.2. The van der Waals surface area contributed by atoms with Crippen LogP contribution >= 0.6 is 0 Å². The van der Waals surface area contributed by atoms with E-state index >= 15 is 0 Å². The molecular formula is C19H16N2O. The Bertz CT molecular complexity index is 754. The SMILES string of the molecule is [C-]#[N+]C1=CC(c2ccccc2)C(c2ccc(C)cc2)NC1=O. The van der Waals surface area contributed by atoms with Crippen LogP contribution in [0, 0.1) is 13.5 Å². The number of hydrogen-bond acceptors (Lipinski definition) is 1. The van der Waals surface area contributed by atoms with Gasteiger partial charge in [0, 0.05) is 5.92 Å². The minimum atomic E-state index is -0.298. The van der Waals surface area contributed by atoms with Gasteiger partial charge in [-0.3, -0.25) is 4.79 Å². The van der Waals surface area contributed by atoms with E-state index in [4.69, 9.17) is 6.57 Å². The topological polar surface area (TPSA) is 33.5 Å². The van der Waals surface area contributed by atoms with Gasteiger partial charge < -0.3 is 5.32 Å². The smallest absolute Gasteiger partial charge is 0.250 e. The summed E-state index contributed by atoms with van der Waals surface area (Å²) in [6, 6.07) is 18.0. The lowest BCUT2D eigenvalue weighted by Crippen LogP contribution is -2.36. The van der Waals surface area contributed by atoms with Crippen LogP contribution in [0.1, 0.15) is 28.7 Å². The molecule has 2 unspecified atom stereocenters. The first-order chi connectivity index (χ1) is 10.7. The van der Waals surface area contributed by atoms with E-state index in [9.17, 15) is 4.79 Å². The summed E-state index contributed by atoms with van der Waals surface area (Å²) in [5.74, 6) is -0.335. The second-order valence-corrected chi connectivity index (χ2v) is 5.46. The van der Waals surface area contributed by atoms with E-state index in [1.165, 1.54) is 5.56 Å². The van der Waals surface area contributed by atoms with Gasteiger partial charge in [-0.25, -0.2) is 4.85 Å². The Morgan fingerprint density at radius 2 is 1.68 bits per heavy atom. The molecule has 0 radical (unpaired) electrons. The first-order valence-electron chi connectivity index (χ1n) is 7.20. The molecule has 2 aromatic rings. The van der Waals surface area contributed by atoms with Crippen molar-refractivity contribution in [1.29, 1.82) is 0 Å². The minimum Gasteiger partial charge on any atom is -0.354 e. The molecule has 0 spiro atoms. The Hall–Kier alpha value is -2.86. The van der Waals surface area contributed by atoms with Crippen molar-refractivity contribution in [3.8, 4) is 0 Å². The van der Waals surface area contributed by atoms with E-state index in [0.29, 0.717) is 0 Å². The normalized spacial score (nSPS) is 20.7. The third-order valence-corrected chi connectivity index (χ3v) is 3.96. The zero-order chi connectivity index (χ0) is 15.5. The van der Waals surface area contributed by atoms with Crippen LogP contribution in [0.15, 0.2) is 66.4 Å². The molecule has 108 valence electrons. The molecule has 1 aliphatic heterocycles. The summed E-state index contributed by atoms with van der Waals surface area (Å²) in [5, 5.41) is 2.98. The van der Waals surface area contributed by atoms with Crippen LogP contribution in [-0.4, -0.2) is 5.91 Å². The predicted octanol–water partition coefficient (Wildman–Crippen LogP) is 3.75. The van der Waals surface area contributed by atoms with Crippen molar-refractivity contribution in [2.75, 3.05) is 0 Å². The van der Waals surface area contributed by atoms with Crippen molar-refractivity contribution < 1.29 is 4.79 Å². The molecule has 2 atom stereocenters. The molecule has 22 heavy (non-hydrogen) atoms. The maximum absolute atomic E-state index is 12.1. The molecule has 0 saturated carbocycles. The molecule has 3 rings (SSSR count). The summed E-state index contributed by atoms with van der Waals surface area (Å²) in [7, 11) is 0. The van der Waals surface area contributed by atoms with E-state index in [1.54, 1.807) is 6.08 Å². The van der Waals surface area contributed by atoms with E-state index in [-0.39, 0.29) is 23.6 Å². The molecule has 2 aromatic carbocycles. The number of aryl methyl sites for hydroxylation is 1. The lowest BCUT2D eigenvalue weighted by atomic mass is 9.84. The van der Waals surface area contributed by atoms with Crippen molar-refractivity contribution in [3.63, 3.8) is 0 Å². The molecule has 3 nitrogen and oxygen atoms in total. The maximum Gasteiger partial charge on any atom is 0.250 e. The lowest BCUT2D eigenvalue weighted by molar-refractivity contribution is -0.118. The fraction of sp³-hybridized carbons (Fsp3) is 0.158. The Labute approximate surface area is 130 Å². The van der Waals surface area contributed by atoms with Gasteiger partial charge in [-0.05, 0) is 18.1 Å². The summed E-state index contributed by atoms with van der Waals surface area (Å²) in [6.07, 6.45) is 1.78. The molecule has 1 heterocycles. The summed E-state index contributed by atoms with van der Waals surface area (Å²) < 4.78 is 0. The average Bonchev–Trinajstić information content (AvgIpc) is 2.56. The van der Waals surface area contributed by atoms with E-state index in [0.717, 1.165) is 11.1 Å². The molecule has 0 aliphatic carbocycles. The van der Waals surface area contributed by atoms with Gasteiger partial charge in [0.15, 0.2) is 0 Å². The van der Waals surface area contributed by atoms with E-state index < -0.39 is 0 Å². The van der Waals surface area contributed by atoms with Crippen LogP contribution in [0.25, 0.3) is 4.85 Å². The Kier molecular flexibility index (Phi) is 3.76. The highest BCUT2D eigenvalue weighted by Crippen LogP contribution is 2.36. The third-order valence-electron chi connectivity index (χ3n) is 3.96. The van der Waals surface area contributed by atoms with Crippen molar-refractivity contribution in [3.05, 3.63) is 94.5 Å². The van der Waals surface area contributed by atoms with E-state index in [1.807, 2.05) is 61.5 Å². The summed E-state index contributed by atoms with van der Waals surface area (Å²) in [6.45, 7) is 9.21. The molecule has 3 heteroatoms. The highest BCUT2D eigenvalue weighted by Gasteiger charge is 2.31. The number of rotatable bonds is 2. The summed E-state index contributed by atoms with van der Waals surface area (Å²) >= 11 is 0. The summed E-state index contributed by atoms with van der Waals surface area (Å²) in [4.78, 5) is 15.4. The van der Waals surface area contributed by atoms with Gasteiger partial charge in [-0.1, -0.05) is 66.2 Å². The predicted molar refractivity (Wildman–Crippen MR) is 85.9 cm³/mol. The summed E-state index contributed by atoms with van der Waals surface area (Å²) in [5.41, 5.74) is 3.49. The van der Waals surface area contributed by atoms with Gasteiger partial charge in [-0.15, -0.1) is 0 Å². The minimum absolute atomic E-state index is 0.0364. The van der Waals surface area contributed by atoms with Crippen LogP contribution < -0.4 is 5.32 Å². The Morgan fingerprint density at radius 1 is 1.00 bits per heavy atom. The van der Waals surface area contributed by atoms with Gasteiger partial charge in [0.25, 0.3) is 0 Å². The first-order valence-corrected chi connectivity index (χ1v) is 7.20. The molecule has 0 aromatic heterocycles. The molecule has 1 N–H and O–H groups in total. The van der Waals surface area contributed by atoms with Crippen LogP contribution in [0.3, 0.4) is 0 Å². The number of carbonyl (C=O) groups is 1. The largest absolute Gasteiger partial charge is 0.354 e. The van der Waals surface area contributed by atoms with Crippen LogP contribution in [0.4, 0.5) is 0 Å². The molecular weight excluding hydrogens is 272 g/mol. The van der Waals surface area contributed by atoms with Crippen molar-refractivity contribution in [2.24, 2.45) is 0 Å². The average molecular weight is 288 g/mol. The Morgan fingerprint density at radius 3 is 2.32 bits per heavy atom. The zero-order valence-corrected chi connectivity index (χ0v) is 12.3. The van der Waals surface area contributed by atoms with Crippen LogP contribution in [0.5, 0.6) is 0 Å². The highest BCUT2D eigenvalue weighted by molar-refractivity contribution is 5.96. The number of amides is 1. The fourth-order valence-corrected chi connectivity index (χ4v) is 2.76. The second-order valence-electron chi connectivity index (χ2n) is 5.46. The standard InChI is InChI=1S/C19H16N2O/c1-13-8-10-15(11-9-13)18-16(14-6-4-3-5-7-14)12-17(20-2)19(22)21-18/h3-12,16,18H,1H3,(H,21,22). The van der Waals surface area contributed by atoms with E-state index in [2.05, 4.69) is 10.2 Å². The molecule has 0 saturated heterocycles. The van der Waals surface area contributed by atoms with Gasteiger partial charge >= 0.3 is 0 Å². The number of nitrogens with zero attached hydrogens (tertiary/aromatic N) is 1. The van der Waals surface area contributed by atoms with Crippen LogP contribution in [-0.2, 0) is 4.79 Å². The third kappa shape index (κ3) is 2.64. The molecule has 0 fully saturated rings. The molecule has 1 amide bonds. The van der Waals surface area contributed by atoms with Crippen molar-refractivity contribution >= 4 is 5.91 Å². The second kappa shape index (κ2) is 5.87. The van der Waals surface area contributed by atoms with Crippen LogP contribution in [0.2, 0.25) is 0 Å². The zero-order valence-electron chi connectivity index (χ0n) is 12.3. The number of hydrogen-bond donors (Lipinski definition) is 1. The number of carbonyl (C=O) groups excluding carboxylic acids is 1. The number of nitrogens with one attached hydrogen (secondary N) is 1. The van der Waals surface area contributed by atoms with Gasteiger partial charge in [0.05, 0.1) is 12.6 Å². The van der Waals surface area contributed by atoms with Crippen molar-refractivity contribution in [2.45, 2.75) is 18.9 Å². The molecule has 0 bridgehead atoms. The number of benzene rings is 2. The first kappa shape index (κ1) is 14.1. The monoisotopic (exact) mass is 288 g/mol. The fourth-order valence-electron chi connectivity index (χ4n) is 2.76. The van der Waals surface area contributed by atoms with Gasteiger partial charge in [0.1, 0.15) is 0 Å². The quantitative estimate of drug-likeness (QED) is 0.839. The van der Waals surface area contributed by atoms with Gasteiger partial charge in [0.2, 0.25) is 11.6 Å².